The molecule has 0 saturated heterocycles. The number of aromatic hydroxyl groups is 1. The number of thiazole rings is 1. The third kappa shape index (κ3) is 3.69. The van der Waals surface area contributed by atoms with Gasteiger partial charge >= 0.3 is 0 Å². The number of phenols is 1. The van der Waals surface area contributed by atoms with Crippen molar-refractivity contribution in [2.24, 2.45) is 5.11 Å². The van der Waals surface area contributed by atoms with Crippen LogP contribution in [0.4, 0.5) is 10.8 Å². The van der Waals surface area contributed by atoms with Gasteiger partial charge in [-0.15, -0.1) is 0 Å². The van der Waals surface area contributed by atoms with Gasteiger partial charge in [0.2, 0.25) is 0 Å². The number of phenolic OH excluding ortho intramolecular Hbond substituents is 1. The Bertz CT molecular complexity index is 603. The Labute approximate surface area is 129 Å². The summed E-state index contributed by atoms with van der Waals surface area (Å²) in [5, 5.41) is 14.1. The number of hydrogen-bond acceptors (Lipinski definition) is 6. The summed E-state index contributed by atoms with van der Waals surface area (Å²) in [5.74, 6) is 0.0429. The summed E-state index contributed by atoms with van der Waals surface area (Å²) in [6.45, 7) is 6.41. The van der Waals surface area contributed by atoms with Gasteiger partial charge < -0.3 is 10.0 Å². The number of anilines is 1. The summed E-state index contributed by atoms with van der Waals surface area (Å²) >= 11 is 1.59. The van der Waals surface area contributed by atoms with E-state index in [4.69, 9.17) is 5.53 Å². The molecule has 21 heavy (non-hydrogen) atoms. The summed E-state index contributed by atoms with van der Waals surface area (Å²) < 4.78 is 0.938. The van der Waals surface area contributed by atoms with Gasteiger partial charge in [-0.2, -0.15) is 5.11 Å². The van der Waals surface area contributed by atoms with Gasteiger partial charge in [-0.25, -0.2) is 10.5 Å². The van der Waals surface area contributed by atoms with E-state index >= 15 is 0 Å². The van der Waals surface area contributed by atoms with Gasteiger partial charge in [-0.3, -0.25) is 0 Å². The van der Waals surface area contributed by atoms with Crippen molar-refractivity contribution in [3.8, 4) is 5.75 Å². The molecule has 2 N–H and O–H groups in total. The van der Waals surface area contributed by atoms with E-state index in [-0.39, 0.29) is 11.4 Å². The lowest BCUT2D eigenvalue weighted by atomic mass is 10.3. The highest BCUT2D eigenvalue weighted by Gasteiger charge is 2.13. The molecular formula is C15H22N4OS. The van der Waals surface area contributed by atoms with Crippen molar-refractivity contribution in [1.29, 1.82) is 5.53 Å². The molecule has 0 aliphatic rings. The molecule has 1 aromatic carbocycles. The van der Waals surface area contributed by atoms with Gasteiger partial charge in [-0.05, 0) is 18.9 Å². The van der Waals surface area contributed by atoms with Crippen molar-refractivity contribution < 1.29 is 5.11 Å². The largest absolute Gasteiger partial charge is 0.506 e. The van der Waals surface area contributed by atoms with E-state index in [9.17, 15) is 5.11 Å². The average Bonchev–Trinajstić information content (AvgIpc) is 2.89. The highest BCUT2D eigenvalue weighted by Crippen LogP contribution is 2.36. The molecule has 2 aromatic rings. The molecule has 0 atom stereocenters. The summed E-state index contributed by atoms with van der Waals surface area (Å²) in [6.07, 6.45) is 4.63. The van der Waals surface area contributed by atoms with Crippen molar-refractivity contribution in [2.45, 2.75) is 39.5 Å². The zero-order valence-corrected chi connectivity index (χ0v) is 13.4. The lowest BCUT2D eigenvalue weighted by Gasteiger charge is -2.21. The quantitative estimate of drug-likeness (QED) is 0.669. The molecule has 5 nitrogen and oxygen atoms in total. The molecule has 0 bridgehead atoms. The summed E-state index contributed by atoms with van der Waals surface area (Å²) in [5.41, 5.74) is 8.14. The summed E-state index contributed by atoms with van der Waals surface area (Å²) in [4.78, 5) is 6.98. The SMILES string of the molecule is CCCCN(CCCC)c1nc2cc(N=N)c(O)cc2s1. The molecule has 0 fully saturated rings. The molecule has 1 heterocycles. The Kier molecular flexibility index (Phi) is 5.50. The lowest BCUT2D eigenvalue weighted by molar-refractivity contribution is 0.477. The van der Waals surface area contributed by atoms with Crippen LogP contribution in [0.25, 0.3) is 10.2 Å². The molecule has 0 spiro atoms. The first kappa shape index (κ1) is 15.7. The second kappa shape index (κ2) is 7.36. The number of hydrogen-bond donors (Lipinski definition) is 2. The van der Waals surface area contributed by atoms with Crippen molar-refractivity contribution >= 4 is 32.4 Å². The fraction of sp³-hybridized carbons (Fsp3) is 0.533. The monoisotopic (exact) mass is 306 g/mol. The van der Waals surface area contributed by atoms with Crippen molar-refractivity contribution in [2.75, 3.05) is 18.0 Å². The Balaban J connectivity index is 2.31. The van der Waals surface area contributed by atoms with E-state index in [1.807, 2.05) is 0 Å². The van der Waals surface area contributed by atoms with Crippen molar-refractivity contribution in [3.63, 3.8) is 0 Å². The third-order valence-corrected chi connectivity index (χ3v) is 4.51. The molecule has 1 aromatic heterocycles. The topological polar surface area (TPSA) is 72.6 Å². The minimum absolute atomic E-state index is 0.0429. The van der Waals surface area contributed by atoms with Crippen LogP contribution in [0, 0.1) is 5.53 Å². The molecule has 114 valence electrons. The summed E-state index contributed by atoms with van der Waals surface area (Å²) in [7, 11) is 0. The minimum atomic E-state index is 0.0429. The molecule has 6 heteroatoms. The zero-order valence-electron chi connectivity index (χ0n) is 12.6. The van der Waals surface area contributed by atoms with E-state index in [1.54, 1.807) is 23.5 Å². The molecule has 0 radical (unpaired) electrons. The Morgan fingerprint density at radius 3 is 2.48 bits per heavy atom. The van der Waals surface area contributed by atoms with Gasteiger partial charge in [0, 0.05) is 19.2 Å². The number of fused-ring (bicyclic) bond motifs is 1. The van der Waals surface area contributed by atoms with Crippen LogP contribution in [0.3, 0.4) is 0 Å². The number of aromatic nitrogens is 1. The first-order valence-corrected chi connectivity index (χ1v) is 8.27. The van der Waals surface area contributed by atoms with Gasteiger partial charge in [0.15, 0.2) is 5.13 Å². The normalized spacial score (nSPS) is 11.0. The van der Waals surface area contributed by atoms with Gasteiger partial charge in [-0.1, -0.05) is 38.0 Å². The first-order valence-electron chi connectivity index (χ1n) is 7.45. The smallest absolute Gasteiger partial charge is 0.186 e. The van der Waals surface area contributed by atoms with Crippen LogP contribution >= 0.6 is 11.3 Å². The Morgan fingerprint density at radius 1 is 1.24 bits per heavy atom. The molecule has 2 rings (SSSR count). The zero-order chi connectivity index (χ0) is 15.2. The van der Waals surface area contributed by atoms with E-state index in [0.717, 1.165) is 54.1 Å². The molecule has 0 saturated carbocycles. The van der Waals surface area contributed by atoms with E-state index < -0.39 is 0 Å². The highest BCUT2D eigenvalue weighted by molar-refractivity contribution is 7.22. The molecule has 0 aliphatic carbocycles. The van der Waals surface area contributed by atoms with Crippen molar-refractivity contribution in [3.05, 3.63) is 12.1 Å². The predicted molar refractivity (Wildman–Crippen MR) is 88.1 cm³/mol. The van der Waals surface area contributed by atoms with E-state index in [2.05, 4.69) is 28.8 Å². The number of unbranched alkanes of at least 4 members (excludes halogenated alkanes) is 2. The van der Waals surface area contributed by atoms with Crippen LogP contribution in [-0.4, -0.2) is 23.2 Å². The van der Waals surface area contributed by atoms with Crippen LogP contribution in [0.15, 0.2) is 17.2 Å². The standard InChI is InChI=1S/C15H22N4OS/c1-3-5-7-19(8-6-4-2)15-17-12-9-11(18-16)13(20)10-14(12)21-15/h9-10,16,20H,3-8H2,1-2H3. The first-order chi connectivity index (χ1) is 10.2. The van der Waals surface area contributed by atoms with Crippen LogP contribution in [-0.2, 0) is 0 Å². The maximum atomic E-state index is 9.79. The van der Waals surface area contributed by atoms with Gasteiger partial charge in [0.05, 0.1) is 10.2 Å². The van der Waals surface area contributed by atoms with Gasteiger partial charge in [0.1, 0.15) is 11.4 Å². The fourth-order valence-corrected chi connectivity index (χ4v) is 3.20. The Hall–Kier alpha value is -1.69. The fourth-order valence-electron chi connectivity index (χ4n) is 2.17. The highest BCUT2D eigenvalue weighted by atomic mass is 32.1. The molecule has 0 amide bonds. The lowest BCUT2D eigenvalue weighted by Crippen LogP contribution is -2.25. The molecule has 0 aliphatic heterocycles. The molecular weight excluding hydrogens is 284 g/mol. The maximum absolute atomic E-state index is 9.79. The number of benzene rings is 1. The number of nitrogens with one attached hydrogen (secondary N) is 1. The van der Waals surface area contributed by atoms with Crippen molar-refractivity contribution in [1.82, 2.24) is 4.98 Å². The number of rotatable bonds is 8. The van der Waals surface area contributed by atoms with Crippen LogP contribution in [0.2, 0.25) is 0 Å². The second-order valence-electron chi connectivity index (χ2n) is 5.11. The van der Waals surface area contributed by atoms with Gasteiger partial charge in [0.25, 0.3) is 0 Å². The van der Waals surface area contributed by atoms with E-state index in [1.165, 1.54) is 0 Å². The van der Waals surface area contributed by atoms with Crippen LogP contribution in [0.1, 0.15) is 39.5 Å². The Morgan fingerprint density at radius 2 is 1.90 bits per heavy atom. The van der Waals surface area contributed by atoms with Crippen LogP contribution < -0.4 is 4.90 Å². The minimum Gasteiger partial charge on any atom is -0.506 e. The predicted octanol–water partition coefficient (Wildman–Crippen LogP) is 5.07. The maximum Gasteiger partial charge on any atom is 0.186 e. The number of nitrogens with zero attached hydrogens (tertiary/aromatic N) is 3. The third-order valence-electron chi connectivity index (χ3n) is 3.43. The summed E-state index contributed by atoms with van der Waals surface area (Å²) in [6, 6.07) is 3.33. The van der Waals surface area contributed by atoms with E-state index in [0.29, 0.717) is 0 Å². The average molecular weight is 306 g/mol. The molecule has 0 unspecified atom stereocenters. The van der Waals surface area contributed by atoms with Crippen LogP contribution in [0.5, 0.6) is 5.75 Å². The second-order valence-corrected chi connectivity index (χ2v) is 6.12.